The molecule has 1 N–H and O–H groups in total. The highest BCUT2D eigenvalue weighted by Gasteiger charge is 2.40. The average Bonchev–Trinajstić information content (AvgIpc) is 2.79. The number of anilines is 1. The van der Waals surface area contributed by atoms with Gasteiger partial charge in [0.2, 0.25) is 0 Å². The number of fused-ring (bicyclic) bond motifs is 1. The van der Waals surface area contributed by atoms with Gasteiger partial charge in [-0.05, 0) is 82.8 Å². The van der Waals surface area contributed by atoms with E-state index in [2.05, 4.69) is 4.98 Å². The average molecular weight is 530 g/mol. The van der Waals surface area contributed by atoms with Crippen molar-refractivity contribution in [3.8, 4) is 5.75 Å². The number of hydrogen-bond donors (Lipinski definition) is 1. The first-order valence-electron chi connectivity index (χ1n) is 11.6. The summed E-state index contributed by atoms with van der Waals surface area (Å²) in [5.74, 6) is -0.958. The first kappa shape index (κ1) is 28.0. The molecule has 1 atom stereocenters. The Morgan fingerprint density at radius 2 is 1.68 bits per heavy atom. The zero-order valence-electron chi connectivity index (χ0n) is 22.0. The van der Waals surface area contributed by atoms with Crippen LogP contribution in [0.2, 0.25) is 5.02 Å². The number of carbonyl (C=O) groups excluding carboxylic acids is 1. The van der Waals surface area contributed by atoms with Crippen LogP contribution < -0.4 is 9.75 Å². The maximum absolute atomic E-state index is 13.5. The molecule has 0 radical (unpaired) electrons. The number of halogens is 1. The van der Waals surface area contributed by atoms with Crippen molar-refractivity contribution in [3.63, 3.8) is 0 Å². The summed E-state index contributed by atoms with van der Waals surface area (Å²) in [5.41, 5.74) is -1.10. The number of hydroxylamine groups is 1. The number of aromatic nitrogens is 1. The summed E-state index contributed by atoms with van der Waals surface area (Å²) in [7, 11) is 1.44. The Morgan fingerprint density at radius 1 is 0.973 bits per heavy atom. The molecular formula is C27H32ClN3O6. The Morgan fingerprint density at radius 3 is 2.27 bits per heavy atom. The van der Waals surface area contributed by atoms with Crippen molar-refractivity contribution in [1.82, 2.24) is 10.2 Å². The maximum Gasteiger partial charge on any atom is 0.454 e. The van der Waals surface area contributed by atoms with Crippen LogP contribution in [0, 0.1) is 0 Å². The summed E-state index contributed by atoms with van der Waals surface area (Å²) < 4.78 is 11.0. The number of benzene rings is 2. The Bertz CT molecular complexity index is 1290. The number of hydrogen-bond acceptors (Lipinski definition) is 7. The van der Waals surface area contributed by atoms with Crippen molar-refractivity contribution < 1.29 is 29.0 Å². The molecule has 0 spiro atoms. The molecule has 3 rings (SSSR count). The van der Waals surface area contributed by atoms with Gasteiger partial charge in [0, 0.05) is 17.8 Å². The normalized spacial score (nSPS) is 12.6. The number of hydrazine groups is 1. The Labute approximate surface area is 221 Å². The van der Waals surface area contributed by atoms with E-state index in [9.17, 15) is 14.7 Å². The molecule has 1 unspecified atom stereocenters. The highest BCUT2D eigenvalue weighted by Crippen LogP contribution is 2.36. The molecule has 0 aliphatic carbocycles. The van der Waals surface area contributed by atoms with Crippen molar-refractivity contribution in [3.05, 3.63) is 65.4 Å². The fraction of sp³-hybridized carbons (Fsp3) is 0.370. The van der Waals surface area contributed by atoms with Gasteiger partial charge in [0.1, 0.15) is 11.4 Å². The van der Waals surface area contributed by atoms with E-state index in [1.807, 2.05) is 0 Å². The van der Waals surface area contributed by atoms with Gasteiger partial charge in [-0.25, -0.2) is 19.4 Å². The number of methoxy groups -OCH3 is 1. The molecule has 0 saturated carbocycles. The predicted octanol–water partition coefficient (Wildman–Crippen LogP) is 6.41. The van der Waals surface area contributed by atoms with E-state index in [1.54, 1.807) is 90.3 Å². The van der Waals surface area contributed by atoms with Crippen molar-refractivity contribution in [2.24, 2.45) is 0 Å². The molecule has 0 aliphatic rings. The van der Waals surface area contributed by atoms with Crippen molar-refractivity contribution in [1.29, 1.82) is 0 Å². The molecule has 37 heavy (non-hydrogen) atoms. The van der Waals surface area contributed by atoms with E-state index < -0.39 is 29.3 Å². The van der Waals surface area contributed by atoms with Gasteiger partial charge in [0.15, 0.2) is 6.04 Å². The van der Waals surface area contributed by atoms with Crippen LogP contribution in [0.5, 0.6) is 5.75 Å². The lowest BCUT2D eigenvalue weighted by molar-refractivity contribution is -0.221. The lowest BCUT2D eigenvalue weighted by atomic mass is 10.0. The third-order valence-corrected chi connectivity index (χ3v) is 5.28. The van der Waals surface area contributed by atoms with Crippen LogP contribution in [0.15, 0.2) is 54.9 Å². The van der Waals surface area contributed by atoms with Crippen LogP contribution in [0.1, 0.15) is 53.1 Å². The van der Waals surface area contributed by atoms with Gasteiger partial charge < -0.3 is 14.6 Å². The number of nitrogens with zero attached hydrogens (tertiary/aromatic N) is 3. The second kappa shape index (κ2) is 10.8. The minimum Gasteiger partial charge on any atom is -0.495 e. The van der Waals surface area contributed by atoms with E-state index in [1.165, 1.54) is 18.2 Å². The predicted molar refractivity (Wildman–Crippen MR) is 142 cm³/mol. The van der Waals surface area contributed by atoms with Crippen LogP contribution in [0.4, 0.5) is 10.5 Å². The summed E-state index contributed by atoms with van der Waals surface area (Å²) in [6, 6.07) is 10.2. The molecule has 0 bridgehead atoms. The second-order valence-electron chi connectivity index (χ2n) is 10.3. The van der Waals surface area contributed by atoms with Gasteiger partial charge in [-0.1, -0.05) is 28.9 Å². The van der Waals surface area contributed by atoms with Crippen molar-refractivity contribution in [2.45, 2.75) is 58.8 Å². The number of rotatable bonds is 7. The molecular weight excluding hydrogens is 498 g/mol. The van der Waals surface area contributed by atoms with Gasteiger partial charge in [0.25, 0.3) is 0 Å². The zero-order chi connectivity index (χ0) is 27.5. The first-order chi connectivity index (χ1) is 17.2. The lowest BCUT2D eigenvalue weighted by Gasteiger charge is -2.41. The molecule has 9 nitrogen and oxygen atoms in total. The summed E-state index contributed by atoms with van der Waals surface area (Å²) in [6.45, 7) is 10.4. The van der Waals surface area contributed by atoms with Gasteiger partial charge in [-0.2, -0.15) is 0 Å². The van der Waals surface area contributed by atoms with Gasteiger partial charge in [-0.15, -0.1) is 0 Å². The Hall–Kier alpha value is -3.56. The first-order valence-corrected chi connectivity index (χ1v) is 12.0. The fourth-order valence-corrected chi connectivity index (χ4v) is 3.73. The van der Waals surface area contributed by atoms with Crippen LogP contribution in [-0.2, 0) is 14.4 Å². The van der Waals surface area contributed by atoms with Crippen molar-refractivity contribution in [2.75, 3.05) is 12.1 Å². The third kappa shape index (κ3) is 7.02. The molecule has 0 aliphatic heterocycles. The zero-order valence-corrected chi connectivity index (χ0v) is 22.7. The molecule has 198 valence electrons. The number of carbonyl (C=O) groups is 2. The number of ether oxygens (including phenoxy) is 2. The van der Waals surface area contributed by atoms with E-state index in [0.717, 1.165) is 15.9 Å². The summed E-state index contributed by atoms with van der Waals surface area (Å²) in [5, 5.41) is 14.6. The van der Waals surface area contributed by atoms with Gasteiger partial charge in [0.05, 0.1) is 23.4 Å². The second-order valence-corrected chi connectivity index (χ2v) is 10.8. The maximum atomic E-state index is 13.5. The Balaban J connectivity index is 2.30. The topological polar surface area (TPSA) is 101 Å². The Kier molecular flexibility index (Phi) is 8.19. The highest BCUT2D eigenvalue weighted by atomic mass is 35.5. The van der Waals surface area contributed by atoms with Crippen LogP contribution in [0.25, 0.3) is 10.8 Å². The summed E-state index contributed by atoms with van der Waals surface area (Å²) in [4.78, 5) is 36.6. The van der Waals surface area contributed by atoms with Crippen LogP contribution in [0.3, 0.4) is 0 Å². The van der Waals surface area contributed by atoms with E-state index >= 15 is 0 Å². The fourth-order valence-electron chi connectivity index (χ4n) is 3.54. The summed E-state index contributed by atoms with van der Waals surface area (Å²) in [6.07, 6.45) is 2.44. The molecule has 2 aromatic carbocycles. The molecule has 0 saturated heterocycles. The lowest BCUT2D eigenvalue weighted by Crippen LogP contribution is -2.54. The summed E-state index contributed by atoms with van der Waals surface area (Å²) >= 11 is 6.21. The van der Waals surface area contributed by atoms with Gasteiger partial charge >= 0.3 is 12.1 Å². The minimum absolute atomic E-state index is 0.288. The van der Waals surface area contributed by atoms with Crippen LogP contribution >= 0.6 is 11.6 Å². The van der Waals surface area contributed by atoms with E-state index in [4.69, 9.17) is 25.9 Å². The van der Waals surface area contributed by atoms with E-state index in [0.29, 0.717) is 16.3 Å². The minimum atomic E-state index is -1.43. The molecule has 0 fully saturated rings. The SMILES string of the molecule is COc1cc(C(C(=O)O)N(c2ccc3cnccc3c2)N(OC(C)(C)C)C(=O)OC(C)(C)C)ccc1Cl. The smallest absolute Gasteiger partial charge is 0.454 e. The molecule has 3 aromatic rings. The van der Waals surface area contributed by atoms with Gasteiger partial charge in [-0.3, -0.25) is 4.98 Å². The highest BCUT2D eigenvalue weighted by molar-refractivity contribution is 6.32. The quantitative estimate of drug-likeness (QED) is 0.350. The molecule has 10 heteroatoms. The number of pyridine rings is 1. The molecule has 1 heterocycles. The monoisotopic (exact) mass is 529 g/mol. The number of aliphatic carboxylic acids is 1. The van der Waals surface area contributed by atoms with E-state index in [-0.39, 0.29) is 5.75 Å². The molecule has 1 aromatic heterocycles. The largest absolute Gasteiger partial charge is 0.495 e. The number of carboxylic acids is 1. The standard InChI is InChI=1S/C27H32ClN3O6/c1-26(2,3)36-25(34)31(37-27(4,5)6)30(20-10-8-19-16-29-13-12-17(19)14-20)23(24(32)33)18-9-11-21(28)22(15-18)35-7/h8-16,23H,1-7H3,(H,32,33). The van der Waals surface area contributed by atoms with Crippen LogP contribution in [-0.4, -0.2) is 45.6 Å². The molecule has 1 amide bonds. The third-order valence-electron chi connectivity index (χ3n) is 4.96. The number of amides is 1. The number of carboxylic acid groups (broad SMARTS) is 1. The van der Waals surface area contributed by atoms with Crippen molar-refractivity contribution >= 4 is 40.1 Å².